The van der Waals surface area contributed by atoms with Gasteiger partial charge < -0.3 is 26.8 Å². The van der Waals surface area contributed by atoms with Gasteiger partial charge in [-0.3, -0.25) is 19.3 Å². The molecule has 0 aliphatic heterocycles. The minimum Gasteiger partial charge on any atom is -0.510 e. The van der Waals surface area contributed by atoms with Gasteiger partial charge in [0.1, 0.15) is 22.8 Å². The van der Waals surface area contributed by atoms with Crippen LogP contribution in [0.4, 0.5) is 5.69 Å². The number of primary amides is 1. The molecule has 1 amide bonds. The highest BCUT2D eigenvalue weighted by Crippen LogP contribution is 2.56. The Morgan fingerprint density at radius 3 is 2.42 bits per heavy atom. The van der Waals surface area contributed by atoms with Gasteiger partial charge in [-0.15, -0.1) is 0 Å². The van der Waals surface area contributed by atoms with Crippen LogP contribution < -0.4 is 11.5 Å². The summed E-state index contributed by atoms with van der Waals surface area (Å²) in [6, 6.07) is 2.01. The fourth-order valence-electron chi connectivity index (χ4n) is 5.56. The fourth-order valence-corrected chi connectivity index (χ4v) is 5.56. The Hall–Kier alpha value is -3.33. The Morgan fingerprint density at radius 1 is 1.19 bits per heavy atom. The van der Waals surface area contributed by atoms with E-state index in [4.69, 9.17) is 11.5 Å². The van der Waals surface area contributed by atoms with E-state index < -0.39 is 57.9 Å². The molecule has 4 atom stereocenters. The van der Waals surface area contributed by atoms with Crippen molar-refractivity contribution < 1.29 is 29.7 Å². The number of carbonyl (C=O) groups is 3. The summed E-state index contributed by atoms with van der Waals surface area (Å²) in [5.74, 6) is -4.75. The number of nitrogen functional groups attached to an aromatic ring is 1. The second-order valence-electron chi connectivity index (χ2n) is 8.93. The van der Waals surface area contributed by atoms with Crippen molar-refractivity contribution in [3.8, 4) is 5.75 Å². The summed E-state index contributed by atoms with van der Waals surface area (Å²) < 4.78 is 0. The number of hydrogen-bond acceptors (Lipinski definition) is 8. The highest BCUT2D eigenvalue weighted by molar-refractivity contribution is 6.24. The number of carbonyl (C=O) groups excluding carboxylic acids is 3. The van der Waals surface area contributed by atoms with E-state index in [1.165, 1.54) is 19.1 Å². The molecule has 9 nitrogen and oxygen atoms in total. The number of ketones is 2. The molecule has 9 heteroatoms. The molecule has 1 aromatic rings. The highest BCUT2D eigenvalue weighted by atomic mass is 16.3. The van der Waals surface area contributed by atoms with Crippen LogP contribution in [0.3, 0.4) is 0 Å². The first-order valence-electron chi connectivity index (χ1n) is 9.95. The Labute approximate surface area is 178 Å². The van der Waals surface area contributed by atoms with Crippen LogP contribution in [0.2, 0.25) is 0 Å². The van der Waals surface area contributed by atoms with E-state index in [0.717, 1.165) is 0 Å². The summed E-state index contributed by atoms with van der Waals surface area (Å²) in [6.45, 7) is 1.46. The van der Waals surface area contributed by atoms with Crippen LogP contribution in [-0.2, 0) is 20.8 Å². The molecule has 0 saturated heterocycles. The monoisotopic (exact) mass is 427 g/mol. The van der Waals surface area contributed by atoms with Crippen molar-refractivity contribution in [2.24, 2.45) is 23.0 Å². The van der Waals surface area contributed by atoms with E-state index in [0.29, 0.717) is 11.3 Å². The lowest BCUT2D eigenvalue weighted by atomic mass is 9.53. The lowest BCUT2D eigenvalue weighted by molar-refractivity contribution is -0.139. The number of amides is 1. The number of likely N-dealkylation sites (N-methyl/N-ethyl adjacent to an activating group) is 1. The van der Waals surface area contributed by atoms with Crippen LogP contribution in [0.5, 0.6) is 5.75 Å². The van der Waals surface area contributed by atoms with Gasteiger partial charge in [-0.1, -0.05) is 0 Å². The summed E-state index contributed by atoms with van der Waals surface area (Å²) in [4.78, 5) is 40.5. The van der Waals surface area contributed by atoms with E-state index >= 15 is 0 Å². The van der Waals surface area contributed by atoms with Gasteiger partial charge >= 0.3 is 0 Å². The normalized spacial score (nSPS) is 30.3. The van der Waals surface area contributed by atoms with Crippen molar-refractivity contribution in [3.05, 3.63) is 40.2 Å². The highest BCUT2D eigenvalue weighted by Gasteiger charge is 2.62. The minimum absolute atomic E-state index is 0.0503. The van der Waals surface area contributed by atoms with Gasteiger partial charge in [-0.2, -0.15) is 0 Å². The summed E-state index contributed by atoms with van der Waals surface area (Å²) in [7, 11) is 3.31. The number of aliphatic hydroxyl groups excluding tert-OH is 2. The number of hydrogen-bond donors (Lipinski definition) is 5. The third-order valence-electron chi connectivity index (χ3n) is 7.10. The molecular weight excluding hydrogens is 402 g/mol. The summed E-state index contributed by atoms with van der Waals surface area (Å²) in [5, 5.41) is 32.3. The average molecular weight is 427 g/mol. The first-order chi connectivity index (χ1) is 14.4. The fraction of sp³-hybridized carbons (Fsp3) is 0.409. The molecule has 0 spiro atoms. The van der Waals surface area contributed by atoms with Crippen LogP contribution in [0, 0.1) is 17.3 Å². The van der Waals surface area contributed by atoms with Gasteiger partial charge in [0.15, 0.2) is 11.6 Å². The molecule has 0 radical (unpaired) electrons. The molecule has 4 rings (SSSR count). The molecule has 1 fully saturated rings. The number of phenols is 1. The molecule has 7 N–H and O–H groups in total. The number of nitrogens with zero attached hydrogens (tertiary/aromatic N) is 1. The van der Waals surface area contributed by atoms with Gasteiger partial charge in [-0.05, 0) is 57.5 Å². The predicted octanol–water partition coefficient (Wildman–Crippen LogP) is 0.821. The minimum atomic E-state index is -1.64. The smallest absolute Gasteiger partial charge is 0.255 e. The molecule has 0 bridgehead atoms. The van der Waals surface area contributed by atoms with Crippen LogP contribution in [0.15, 0.2) is 29.0 Å². The third-order valence-corrected chi connectivity index (χ3v) is 7.10. The molecule has 0 heterocycles. The molecule has 1 saturated carbocycles. The second-order valence-corrected chi connectivity index (χ2v) is 8.93. The molecule has 2 unspecified atom stereocenters. The summed E-state index contributed by atoms with van der Waals surface area (Å²) >= 11 is 0. The van der Waals surface area contributed by atoms with Gasteiger partial charge in [0.25, 0.3) is 5.91 Å². The van der Waals surface area contributed by atoms with Gasteiger partial charge in [0, 0.05) is 17.2 Å². The zero-order valence-electron chi connectivity index (χ0n) is 17.5. The third kappa shape index (κ3) is 2.56. The Morgan fingerprint density at radius 2 is 1.84 bits per heavy atom. The number of phenolic OH excluding ortho intramolecular Hbond substituents is 1. The second kappa shape index (κ2) is 6.58. The zero-order valence-corrected chi connectivity index (χ0v) is 17.5. The average Bonchev–Trinajstić information content (AvgIpc) is 2.67. The Balaban J connectivity index is 1.99. The number of allylic oxidation sites excluding steroid dienone is 2. The number of benzene rings is 1. The number of nitrogens with two attached hydrogens (primary N) is 2. The van der Waals surface area contributed by atoms with Crippen molar-refractivity contribution in [2.75, 3.05) is 19.8 Å². The quantitative estimate of drug-likeness (QED) is 0.263. The maximum absolute atomic E-state index is 13.8. The van der Waals surface area contributed by atoms with Crippen LogP contribution in [0.25, 0.3) is 5.76 Å². The summed E-state index contributed by atoms with van der Waals surface area (Å²) in [5.41, 5.74) is 10.3. The first-order valence-corrected chi connectivity index (χ1v) is 9.95. The van der Waals surface area contributed by atoms with Crippen molar-refractivity contribution in [2.45, 2.75) is 25.8 Å². The first kappa shape index (κ1) is 20.9. The SMILES string of the molecule is CN(C)[C@@H]1C(=O)C(C(N)=O)=C(O)[C@@]2(C)C(=O)C3=C(O)c4c(O)ccc(N)c4CC3CC12. The number of rotatable bonds is 2. The van der Waals surface area contributed by atoms with E-state index in [-0.39, 0.29) is 29.7 Å². The summed E-state index contributed by atoms with van der Waals surface area (Å²) in [6.07, 6.45) is 0.565. The molecule has 0 aromatic heterocycles. The molecule has 31 heavy (non-hydrogen) atoms. The van der Waals surface area contributed by atoms with Crippen LogP contribution in [0.1, 0.15) is 24.5 Å². The Kier molecular flexibility index (Phi) is 4.44. The van der Waals surface area contributed by atoms with Crippen molar-refractivity contribution >= 4 is 28.9 Å². The van der Waals surface area contributed by atoms with Crippen molar-refractivity contribution in [1.29, 1.82) is 0 Å². The van der Waals surface area contributed by atoms with Gasteiger partial charge in [0.05, 0.1) is 17.0 Å². The predicted molar refractivity (Wildman–Crippen MR) is 112 cm³/mol. The van der Waals surface area contributed by atoms with E-state index in [1.807, 2.05) is 0 Å². The number of anilines is 1. The topological polar surface area (TPSA) is 167 Å². The number of aliphatic hydroxyl groups is 2. The largest absolute Gasteiger partial charge is 0.510 e. The number of aromatic hydroxyl groups is 1. The van der Waals surface area contributed by atoms with Crippen LogP contribution >= 0.6 is 0 Å². The van der Waals surface area contributed by atoms with Crippen LogP contribution in [-0.4, -0.2) is 57.8 Å². The van der Waals surface area contributed by atoms with Crippen molar-refractivity contribution in [1.82, 2.24) is 4.90 Å². The molecule has 1 aromatic carbocycles. The van der Waals surface area contributed by atoms with Crippen molar-refractivity contribution in [3.63, 3.8) is 0 Å². The lowest BCUT2D eigenvalue weighted by Crippen LogP contribution is -2.60. The maximum atomic E-state index is 13.8. The lowest BCUT2D eigenvalue weighted by Gasteiger charge is -2.51. The Bertz CT molecular complexity index is 1120. The zero-order chi connectivity index (χ0) is 23.0. The standard InChI is InChI=1S/C22H25N3O6/c1-22-10(16(25(2)3)18(28)15(20(22)30)21(24)31)7-8-6-9-11(23)4-5-12(26)14(9)17(27)13(8)19(22)29/h4-5,8,10,16,26-27,30H,6-7,23H2,1-3H3,(H2,24,31)/t8?,10?,16-,22+/m0/s1. The molecule has 3 aliphatic carbocycles. The molecule has 164 valence electrons. The number of Topliss-reactive ketones (excluding diaryl/α,β-unsaturated/α-hetero) is 2. The van der Waals surface area contributed by atoms with Gasteiger partial charge in [0.2, 0.25) is 0 Å². The van der Waals surface area contributed by atoms with E-state index in [9.17, 15) is 29.7 Å². The van der Waals surface area contributed by atoms with E-state index in [2.05, 4.69) is 0 Å². The number of fused-ring (bicyclic) bond motifs is 3. The molecular formula is C22H25N3O6. The van der Waals surface area contributed by atoms with E-state index in [1.54, 1.807) is 19.0 Å². The molecule has 3 aliphatic rings. The maximum Gasteiger partial charge on any atom is 0.255 e. The van der Waals surface area contributed by atoms with Gasteiger partial charge in [-0.25, -0.2) is 0 Å².